The van der Waals surface area contributed by atoms with Gasteiger partial charge in [-0.05, 0) is 64.2 Å². The number of carbonyl (C=O) groups excluding carboxylic acids is 1. The van der Waals surface area contributed by atoms with Gasteiger partial charge in [0.2, 0.25) is 5.91 Å². The molecule has 9 heteroatoms. The molecule has 0 rings (SSSR count). The second kappa shape index (κ2) is 38.9. The lowest BCUT2D eigenvalue weighted by Gasteiger charge is -2.25. The van der Waals surface area contributed by atoms with Crippen molar-refractivity contribution in [3.05, 3.63) is 48.6 Å². The van der Waals surface area contributed by atoms with Gasteiger partial charge in [0, 0.05) is 6.42 Å². The Bertz CT molecular complexity index is 1050. The lowest BCUT2D eigenvalue weighted by Crippen LogP contribution is -2.45. The number of hydrogen-bond acceptors (Lipinski definition) is 5. The molecule has 0 aromatic carbocycles. The fourth-order valence-corrected chi connectivity index (χ4v) is 7.06. The molecule has 0 heterocycles. The molecule has 3 N–H and O–H groups in total. The molecule has 0 aliphatic heterocycles. The Hall–Kier alpha value is -1.54. The molecule has 0 saturated heterocycles. The fourth-order valence-electron chi connectivity index (χ4n) is 6.32. The van der Waals surface area contributed by atoms with Crippen molar-refractivity contribution in [2.75, 3.05) is 40.9 Å². The Kier molecular flexibility index (Phi) is 37.9. The van der Waals surface area contributed by atoms with Gasteiger partial charge in [0.25, 0.3) is 0 Å². The number of aliphatic hydroxyl groups is 1. The van der Waals surface area contributed by atoms with Crippen molar-refractivity contribution in [2.45, 2.75) is 206 Å². The van der Waals surface area contributed by atoms with Crippen LogP contribution in [0.4, 0.5) is 0 Å². The van der Waals surface area contributed by atoms with E-state index in [1.807, 2.05) is 27.2 Å². The van der Waals surface area contributed by atoms with E-state index in [0.717, 1.165) is 51.4 Å². The van der Waals surface area contributed by atoms with Crippen molar-refractivity contribution in [3.63, 3.8) is 0 Å². The third-order valence-corrected chi connectivity index (χ3v) is 11.0. The molecule has 56 heavy (non-hydrogen) atoms. The predicted octanol–water partition coefficient (Wildman–Crippen LogP) is 12.9. The van der Waals surface area contributed by atoms with Gasteiger partial charge < -0.3 is 19.8 Å². The topological polar surface area (TPSA) is 105 Å². The standard InChI is InChI=1S/C47H89N2O6P/c1-6-8-10-12-14-16-18-20-22-24-25-27-29-31-33-35-37-39-41-47(51)48-45(44-55-56(52,53)54-43-42-49(3,4)5)46(50)40-38-36-34-32-30-28-26-23-21-19-17-15-13-11-9-7-2/h16,18,22,24,30,32,38,40,45-46,50H,6-15,17,19-21,23,25-29,31,33-37,39,41-44H2,1-5H3,(H-,48,51,52,53)/p+1/b18-16-,24-22-,32-30+,40-38+. The number of quaternary nitrogens is 1. The summed E-state index contributed by atoms with van der Waals surface area (Å²) in [5, 5.41) is 13.8. The number of unbranched alkanes of at least 4 members (excludes halogenated alkanes) is 22. The minimum Gasteiger partial charge on any atom is -0.387 e. The van der Waals surface area contributed by atoms with E-state index in [0.29, 0.717) is 17.4 Å². The number of allylic oxidation sites excluding steroid dienone is 7. The number of phosphoric ester groups is 1. The van der Waals surface area contributed by atoms with Crippen LogP contribution >= 0.6 is 7.82 Å². The van der Waals surface area contributed by atoms with Crippen molar-refractivity contribution < 1.29 is 32.9 Å². The highest BCUT2D eigenvalue weighted by molar-refractivity contribution is 7.47. The summed E-state index contributed by atoms with van der Waals surface area (Å²) in [6.07, 6.45) is 48.9. The first-order chi connectivity index (χ1) is 27.0. The number of likely N-dealkylation sites (N-methyl/N-ethyl adjacent to an activating group) is 1. The van der Waals surface area contributed by atoms with Gasteiger partial charge >= 0.3 is 7.82 Å². The van der Waals surface area contributed by atoms with Crippen LogP contribution < -0.4 is 5.32 Å². The van der Waals surface area contributed by atoms with E-state index >= 15 is 0 Å². The summed E-state index contributed by atoms with van der Waals surface area (Å²) in [4.78, 5) is 23.1. The smallest absolute Gasteiger partial charge is 0.387 e. The maximum absolute atomic E-state index is 12.9. The SMILES string of the molecule is CCCCCC/C=C\C/C=C\CCCCCCCCCC(=O)NC(COP(=O)(O)OCC[N+](C)(C)C)C(O)/C=C/CC/C=C/CCCCCCCCCCCC. The largest absolute Gasteiger partial charge is 0.472 e. The average molecular weight is 810 g/mol. The predicted molar refractivity (Wildman–Crippen MR) is 240 cm³/mol. The van der Waals surface area contributed by atoms with Gasteiger partial charge in [-0.25, -0.2) is 4.57 Å². The third-order valence-electron chi connectivity index (χ3n) is 10.0. The van der Waals surface area contributed by atoms with Crippen molar-refractivity contribution in [1.29, 1.82) is 0 Å². The number of rotatable bonds is 41. The van der Waals surface area contributed by atoms with Crippen molar-refractivity contribution >= 4 is 13.7 Å². The molecule has 1 amide bonds. The monoisotopic (exact) mass is 810 g/mol. The number of nitrogens with one attached hydrogen (secondary N) is 1. The molecule has 0 fully saturated rings. The van der Waals surface area contributed by atoms with Gasteiger partial charge in [0.15, 0.2) is 0 Å². The first-order valence-electron chi connectivity index (χ1n) is 23.0. The summed E-state index contributed by atoms with van der Waals surface area (Å²) in [6.45, 7) is 4.76. The number of aliphatic hydroxyl groups excluding tert-OH is 1. The highest BCUT2D eigenvalue weighted by Gasteiger charge is 2.27. The lowest BCUT2D eigenvalue weighted by atomic mass is 10.1. The van der Waals surface area contributed by atoms with Crippen LogP contribution in [-0.2, 0) is 18.4 Å². The van der Waals surface area contributed by atoms with E-state index in [-0.39, 0.29) is 19.1 Å². The first-order valence-corrected chi connectivity index (χ1v) is 24.5. The van der Waals surface area contributed by atoms with E-state index in [2.05, 4.69) is 55.6 Å². The molecule has 3 atom stereocenters. The number of hydrogen-bond donors (Lipinski definition) is 3. The summed E-state index contributed by atoms with van der Waals surface area (Å²) in [7, 11) is 1.54. The molecule has 0 bridgehead atoms. The minimum atomic E-state index is -4.35. The van der Waals surface area contributed by atoms with Crippen molar-refractivity contribution in [3.8, 4) is 0 Å². The van der Waals surface area contributed by atoms with E-state index in [1.54, 1.807) is 6.08 Å². The van der Waals surface area contributed by atoms with Gasteiger partial charge in [0.05, 0.1) is 39.9 Å². The quantitative estimate of drug-likeness (QED) is 0.0246. The van der Waals surface area contributed by atoms with Gasteiger partial charge in [-0.3, -0.25) is 13.8 Å². The molecule has 0 aromatic rings. The zero-order valence-corrected chi connectivity index (χ0v) is 38.0. The number of carbonyl (C=O) groups is 1. The molecule has 8 nitrogen and oxygen atoms in total. The van der Waals surface area contributed by atoms with Crippen LogP contribution in [0.1, 0.15) is 194 Å². The molecule has 0 aliphatic carbocycles. The molecule has 0 aliphatic rings. The van der Waals surface area contributed by atoms with Crippen LogP contribution in [0.2, 0.25) is 0 Å². The Morgan fingerprint density at radius 2 is 1.04 bits per heavy atom. The highest BCUT2D eigenvalue weighted by atomic mass is 31.2. The van der Waals surface area contributed by atoms with Gasteiger partial charge in [-0.2, -0.15) is 0 Å². The second-order valence-electron chi connectivity index (χ2n) is 16.8. The van der Waals surface area contributed by atoms with Gasteiger partial charge in [-0.15, -0.1) is 0 Å². The van der Waals surface area contributed by atoms with Crippen LogP contribution in [0.25, 0.3) is 0 Å². The Morgan fingerprint density at radius 1 is 0.607 bits per heavy atom. The Labute approximate surface area is 346 Å². The van der Waals surface area contributed by atoms with Gasteiger partial charge in [-0.1, -0.05) is 172 Å². The van der Waals surface area contributed by atoms with Crippen LogP contribution in [0.3, 0.4) is 0 Å². The number of amides is 1. The van der Waals surface area contributed by atoms with Crippen molar-refractivity contribution in [2.24, 2.45) is 0 Å². The lowest BCUT2D eigenvalue weighted by molar-refractivity contribution is -0.870. The Morgan fingerprint density at radius 3 is 1.55 bits per heavy atom. The summed E-state index contributed by atoms with van der Waals surface area (Å²) in [6, 6.07) is -0.867. The van der Waals surface area contributed by atoms with E-state index in [9.17, 15) is 19.4 Å². The fraction of sp³-hybridized carbons (Fsp3) is 0.809. The molecule has 0 spiro atoms. The average Bonchev–Trinajstić information content (AvgIpc) is 3.15. The van der Waals surface area contributed by atoms with E-state index < -0.39 is 20.0 Å². The zero-order chi connectivity index (χ0) is 41.4. The molecule has 0 radical (unpaired) electrons. The van der Waals surface area contributed by atoms with Crippen LogP contribution in [-0.4, -0.2) is 73.4 Å². The minimum absolute atomic E-state index is 0.0533. The summed E-state index contributed by atoms with van der Waals surface area (Å²) in [5.41, 5.74) is 0. The number of phosphoric acid groups is 1. The summed E-state index contributed by atoms with van der Waals surface area (Å²) >= 11 is 0. The van der Waals surface area contributed by atoms with Crippen LogP contribution in [0.5, 0.6) is 0 Å². The molecule has 328 valence electrons. The second-order valence-corrected chi connectivity index (χ2v) is 18.2. The maximum Gasteiger partial charge on any atom is 0.472 e. The van der Waals surface area contributed by atoms with Gasteiger partial charge in [0.1, 0.15) is 13.2 Å². The van der Waals surface area contributed by atoms with E-state index in [1.165, 1.54) is 122 Å². The van der Waals surface area contributed by atoms with E-state index in [4.69, 9.17) is 9.05 Å². The zero-order valence-electron chi connectivity index (χ0n) is 37.1. The normalized spacial score (nSPS) is 14.8. The van der Waals surface area contributed by atoms with Crippen LogP contribution in [0, 0.1) is 0 Å². The molecular formula is C47H90N2O6P+. The maximum atomic E-state index is 12.9. The molecule has 0 aromatic heterocycles. The summed E-state index contributed by atoms with van der Waals surface area (Å²) in [5.74, 6) is -0.196. The van der Waals surface area contributed by atoms with Crippen molar-refractivity contribution in [1.82, 2.24) is 5.32 Å². The highest BCUT2D eigenvalue weighted by Crippen LogP contribution is 2.43. The molecule has 0 saturated carbocycles. The van der Waals surface area contributed by atoms with Crippen LogP contribution in [0.15, 0.2) is 48.6 Å². The summed E-state index contributed by atoms with van der Waals surface area (Å²) < 4.78 is 23.5. The molecule has 3 unspecified atom stereocenters. The third kappa shape index (κ3) is 40.6. The Balaban J connectivity index is 4.47. The number of nitrogens with zero attached hydrogens (tertiary/aromatic N) is 1. The molecular weight excluding hydrogens is 719 g/mol. The first kappa shape index (κ1) is 54.5.